The Morgan fingerprint density at radius 2 is 1.45 bits per heavy atom. The number of aliphatic carboxylic acids is 1. The molecular weight excluding hydrogens is 506 g/mol. The molecule has 2 aliphatic rings. The lowest BCUT2D eigenvalue weighted by atomic mass is 9.83. The van der Waals surface area contributed by atoms with E-state index < -0.39 is 85.5 Å². The first-order chi connectivity index (χ1) is 18.0. The molecule has 0 spiro atoms. The molecular formula is C23H37N5O10. The van der Waals surface area contributed by atoms with E-state index >= 15 is 0 Å². The standard InChI is InChI=1S/C23H37N5O10/c1-12(31)28-9-14(32)7-17(28)22(37)26-15(10-29)20(35)25-16(11-30)21(36)27-19(13-5-3-2-4-6-13)23(38)24-8-18(33)34/h13-17,19,29-30,32H,2-11H2,1H3,(H,24,38)(H,25,35)(H,26,37)(H,27,36)(H,33,34)/t14-,15+,16+,17+,19+/m1/s1. The quantitative estimate of drug-likeness (QED) is 0.119. The molecule has 0 aromatic heterocycles. The number of carboxylic acids is 1. The van der Waals surface area contributed by atoms with E-state index in [1.54, 1.807) is 0 Å². The summed E-state index contributed by atoms with van der Waals surface area (Å²) >= 11 is 0. The highest BCUT2D eigenvalue weighted by Crippen LogP contribution is 2.26. The SMILES string of the molecule is CC(=O)N1C[C@H](O)C[C@H]1C(=O)N[C@@H](CO)C(=O)N[C@@H](CO)C(=O)N[C@H](C(=O)NCC(=O)O)C1CCCCC1. The van der Waals surface area contributed by atoms with Gasteiger partial charge in [0.1, 0.15) is 30.7 Å². The van der Waals surface area contributed by atoms with Gasteiger partial charge in [-0.3, -0.25) is 28.8 Å². The molecule has 38 heavy (non-hydrogen) atoms. The Balaban J connectivity index is 2.05. The Kier molecular flexibility index (Phi) is 11.9. The Bertz CT molecular complexity index is 894. The molecule has 0 unspecified atom stereocenters. The molecule has 1 heterocycles. The number of β-amino-alcohol motifs (C(OH)–C–C–N with tert-alkyl or cyclic N) is 1. The summed E-state index contributed by atoms with van der Waals surface area (Å²) < 4.78 is 0. The van der Waals surface area contributed by atoms with E-state index in [9.17, 15) is 44.1 Å². The highest BCUT2D eigenvalue weighted by Gasteiger charge is 2.39. The van der Waals surface area contributed by atoms with Crippen LogP contribution in [0.4, 0.5) is 0 Å². The van der Waals surface area contributed by atoms with Gasteiger partial charge in [-0.05, 0) is 18.8 Å². The number of nitrogens with one attached hydrogen (secondary N) is 4. The van der Waals surface area contributed by atoms with Gasteiger partial charge in [-0.25, -0.2) is 0 Å². The van der Waals surface area contributed by atoms with Crippen LogP contribution in [0.2, 0.25) is 0 Å². The van der Waals surface area contributed by atoms with E-state index in [-0.39, 0.29) is 18.9 Å². The van der Waals surface area contributed by atoms with Crippen molar-refractivity contribution in [2.24, 2.45) is 5.92 Å². The summed E-state index contributed by atoms with van der Waals surface area (Å²) in [6.07, 6.45) is 2.85. The predicted molar refractivity (Wildman–Crippen MR) is 129 cm³/mol. The number of aliphatic hydroxyl groups excluding tert-OH is 3. The number of amides is 5. The summed E-state index contributed by atoms with van der Waals surface area (Å²) in [5, 5.41) is 47.3. The molecule has 5 amide bonds. The van der Waals surface area contributed by atoms with Crippen LogP contribution in [0.5, 0.6) is 0 Å². The predicted octanol–water partition coefficient (Wildman–Crippen LogP) is -3.81. The summed E-state index contributed by atoms with van der Waals surface area (Å²) in [4.78, 5) is 74.7. The van der Waals surface area contributed by atoms with Gasteiger partial charge >= 0.3 is 5.97 Å². The Hall–Kier alpha value is -3.30. The summed E-state index contributed by atoms with van der Waals surface area (Å²) in [5.74, 6) is -5.40. The highest BCUT2D eigenvalue weighted by molar-refractivity contribution is 5.96. The largest absolute Gasteiger partial charge is 0.480 e. The molecule has 15 heteroatoms. The topological polar surface area (TPSA) is 235 Å². The molecule has 0 radical (unpaired) electrons. The fourth-order valence-electron chi connectivity index (χ4n) is 4.73. The van der Waals surface area contributed by atoms with Gasteiger partial charge in [-0.2, -0.15) is 0 Å². The van der Waals surface area contributed by atoms with Gasteiger partial charge in [-0.1, -0.05) is 19.3 Å². The molecule has 1 saturated heterocycles. The Labute approximate surface area is 219 Å². The number of carbonyl (C=O) groups is 6. The van der Waals surface area contributed by atoms with Crippen molar-refractivity contribution >= 4 is 35.5 Å². The number of hydrogen-bond donors (Lipinski definition) is 8. The van der Waals surface area contributed by atoms with E-state index in [1.807, 2.05) is 0 Å². The molecule has 2 fully saturated rings. The van der Waals surface area contributed by atoms with Crippen LogP contribution in [-0.4, -0.2) is 117 Å². The van der Waals surface area contributed by atoms with Gasteiger partial charge in [0.15, 0.2) is 0 Å². The molecule has 0 aromatic rings. The minimum Gasteiger partial charge on any atom is -0.480 e. The first kappa shape index (κ1) is 30.9. The van der Waals surface area contributed by atoms with Gasteiger partial charge in [0.05, 0.1) is 19.3 Å². The number of carbonyl (C=O) groups excluding carboxylic acids is 5. The zero-order valence-electron chi connectivity index (χ0n) is 21.2. The van der Waals surface area contributed by atoms with Gasteiger partial charge in [-0.15, -0.1) is 0 Å². The first-order valence-electron chi connectivity index (χ1n) is 12.6. The maximum absolute atomic E-state index is 12.9. The van der Waals surface area contributed by atoms with Crippen molar-refractivity contribution in [3.63, 3.8) is 0 Å². The highest BCUT2D eigenvalue weighted by atomic mass is 16.4. The van der Waals surface area contributed by atoms with Crippen LogP contribution in [0, 0.1) is 5.92 Å². The van der Waals surface area contributed by atoms with Gasteiger partial charge in [0.25, 0.3) is 0 Å². The third-order valence-corrected chi connectivity index (χ3v) is 6.73. The normalized spacial score (nSPS) is 22.1. The molecule has 5 atom stereocenters. The van der Waals surface area contributed by atoms with Gasteiger partial charge in [0.2, 0.25) is 29.5 Å². The van der Waals surface area contributed by atoms with Crippen LogP contribution < -0.4 is 21.3 Å². The first-order valence-corrected chi connectivity index (χ1v) is 12.6. The zero-order chi connectivity index (χ0) is 28.4. The zero-order valence-corrected chi connectivity index (χ0v) is 21.2. The Morgan fingerprint density at radius 3 is 2.00 bits per heavy atom. The summed E-state index contributed by atoms with van der Waals surface area (Å²) in [5.41, 5.74) is 0. The lowest BCUT2D eigenvalue weighted by Crippen LogP contribution is -2.60. The lowest BCUT2D eigenvalue weighted by Gasteiger charge is -2.31. The number of likely N-dealkylation sites (tertiary alicyclic amines) is 1. The minimum absolute atomic E-state index is 0.0562. The van der Waals surface area contributed by atoms with E-state index in [2.05, 4.69) is 21.3 Å². The van der Waals surface area contributed by atoms with E-state index in [4.69, 9.17) is 5.11 Å². The summed E-state index contributed by atoms with van der Waals surface area (Å²) in [6, 6.07) is -5.23. The third-order valence-electron chi connectivity index (χ3n) is 6.73. The van der Waals surface area contributed by atoms with E-state index in [0.717, 1.165) is 24.2 Å². The molecule has 1 aliphatic carbocycles. The van der Waals surface area contributed by atoms with Gasteiger partial charge in [0, 0.05) is 19.9 Å². The summed E-state index contributed by atoms with van der Waals surface area (Å²) in [7, 11) is 0. The van der Waals surface area contributed by atoms with Crippen molar-refractivity contribution in [2.75, 3.05) is 26.3 Å². The number of hydrogen-bond acceptors (Lipinski definition) is 9. The van der Waals surface area contributed by atoms with Crippen LogP contribution in [0.15, 0.2) is 0 Å². The molecule has 214 valence electrons. The van der Waals surface area contributed by atoms with Crippen LogP contribution in [-0.2, 0) is 28.8 Å². The second kappa shape index (κ2) is 14.6. The number of nitrogens with zero attached hydrogens (tertiary/aromatic N) is 1. The van der Waals surface area contributed by atoms with E-state index in [0.29, 0.717) is 12.8 Å². The monoisotopic (exact) mass is 543 g/mol. The maximum Gasteiger partial charge on any atom is 0.322 e. The molecule has 8 N–H and O–H groups in total. The molecule has 0 aromatic carbocycles. The number of carboxylic acid groups (broad SMARTS) is 1. The fraction of sp³-hybridized carbons (Fsp3) is 0.739. The number of rotatable bonds is 12. The van der Waals surface area contributed by atoms with Crippen LogP contribution in [0.3, 0.4) is 0 Å². The van der Waals surface area contributed by atoms with Crippen molar-refractivity contribution < 1.29 is 49.2 Å². The smallest absolute Gasteiger partial charge is 0.322 e. The minimum atomic E-state index is -1.55. The van der Waals surface area contributed by atoms with Crippen molar-refractivity contribution in [3.05, 3.63) is 0 Å². The molecule has 1 aliphatic heterocycles. The molecule has 0 bridgehead atoms. The molecule has 2 rings (SSSR count). The maximum atomic E-state index is 12.9. The third kappa shape index (κ3) is 8.63. The number of aliphatic hydroxyl groups is 3. The van der Waals surface area contributed by atoms with Crippen molar-refractivity contribution in [1.82, 2.24) is 26.2 Å². The second-order valence-electron chi connectivity index (χ2n) is 9.56. The fourth-order valence-corrected chi connectivity index (χ4v) is 4.73. The Morgan fingerprint density at radius 1 is 0.868 bits per heavy atom. The second-order valence-corrected chi connectivity index (χ2v) is 9.56. The molecule has 15 nitrogen and oxygen atoms in total. The van der Waals surface area contributed by atoms with Crippen LogP contribution >= 0.6 is 0 Å². The molecule has 1 saturated carbocycles. The van der Waals surface area contributed by atoms with Gasteiger partial charge < -0.3 is 46.6 Å². The van der Waals surface area contributed by atoms with Crippen LogP contribution in [0.1, 0.15) is 45.4 Å². The van der Waals surface area contributed by atoms with Crippen molar-refractivity contribution in [1.29, 1.82) is 0 Å². The van der Waals surface area contributed by atoms with Crippen molar-refractivity contribution in [3.8, 4) is 0 Å². The van der Waals surface area contributed by atoms with Crippen LogP contribution in [0.25, 0.3) is 0 Å². The van der Waals surface area contributed by atoms with Crippen molar-refractivity contribution in [2.45, 2.75) is 75.7 Å². The summed E-state index contributed by atoms with van der Waals surface area (Å²) in [6.45, 7) is -1.21. The average Bonchev–Trinajstić information content (AvgIpc) is 3.29. The lowest BCUT2D eigenvalue weighted by molar-refractivity contribution is -0.140. The average molecular weight is 544 g/mol. The van der Waals surface area contributed by atoms with E-state index in [1.165, 1.54) is 6.92 Å².